The van der Waals surface area contributed by atoms with Crippen LogP contribution in [-0.2, 0) is 7.05 Å². The van der Waals surface area contributed by atoms with Crippen LogP contribution in [0.1, 0.15) is 36.8 Å². The Morgan fingerprint density at radius 1 is 1.35 bits per heavy atom. The second kappa shape index (κ2) is 6.02. The second-order valence-electron chi connectivity index (χ2n) is 6.23. The summed E-state index contributed by atoms with van der Waals surface area (Å²) in [6.07, 6.45) is 3.48. The average Bonchev–Trinajstić information content (AvgIpc) is 3.10. The van der Waals surface area contributed by atoms with Crippen molar-refractivity contribution >= 4 is 11.6 Å². The quantitative estimate of drug-likeness (QED) is 0.641. The highest BCUT2D eigenvalue weighted by atomic mass is 16.6. The third-order valence-corrected chi connectivity index (χ3v) is 4.80. The minimum atomic E-state index is -0.388. The van der Waals surface area contributed by atoms with Gasteiger partial charge in [0.15, 0.2) is 0 Å². The zero-order chi connectivity index (χ0) is 16.6. The van der Waals surface area contributed by atoms with Crippen molar-refractivity contribution in [2.45, 2.75) is 38.6 Å². The van der Waals surface area contributed by atoms with E-state index in [1.54, 1.807) is 4.57 Å². The number of aromatic nitrogens is 2. The molecule has 23 heavy (non-hydrogen) atoms. The summed E-state index contributed by atoms with van der Waals surface area (Å²) in [5.41, 5.74) is 2.56. The Labute approximate surface area is 135 Å². The standard InChI is InChI=1S/C17H22N4O2/c1-4-15-14(13-7-5-12(2)6-8-13)9-10-20(15)17-16(21(22)23)18-11-19(17)3/h5-8,11,14-15H,4,9-10H2,1-3H3. The van der Waals surface area contributed by atoms with E-state index < -0.39 is 0 Å². The lowest BCUT2D eigenvalue weighted by molar-refractivity contribution is -0.388. The molecule has 1 saturated heterocycles. The zero-order valence-electron chi connectivity index (χ0n) is 13.8. The Morgan fingerprint density at radius 2 is 2.04 bits per heavy atom. The number of nitro groups is 1. The molecule has 0 amide bonds. The summed E-state index contributed by atoms with van der Waals surface area (Å²) < 4.78 is 1.76. The molecule has 2 heterocycles. The van der Waals surface area contributed by atoms with Gasteiger partial charge in [-0.15, -0.1) is 0 Å². The van der Waals surface area contributed by atoms with Crippen molar-refractivity contribution in [3.63, 3.8) is 0 Å². The van der Waals surface area contributed by atoms with Crippen LogP contribution in [0.15, 0.2) is 30.6 Å². The van der Waals surface area contributed by atoms with Crippen molar-refractivity contribution in [3.8, 4) is 0 Å². The molecular formula is C17H22N4O2. The molecule has 1 fully saturated rings. The van der Waals surface area contributed by atoms with Gasteiger partial charge in [0.2, 0.25) is 12.1 Å². The van der Waals surface area contributed by atoms with Crippen LogP contribution in [0.25, 0.3) is 0 Å². The van der Waals surface area contributed by atoms with Crippen molar-refractivity contribution in [1.29, 1.82) is 0 Å². The molecule has 1 aromatic heterocycles. The molecular weight excluding hydrogens is 292 g/mol. The van der Waals surface area contributed by atoms with Crippen molar-refractivity contribution in [3.05, 3.63) is 51.8 Å². The van der Waals surface area contributed by atoms with E-state index in [1.165, 1.54) is 17.5 Å². The maximum atomic E-state index is 11.3. The fraction of sp³-hybridized carbons (Fsp3) is 0.471. The van der Waals surface area contributed by atoms with Gasteiger partial charge in [0.25, 0.3) is 0 Å². The van der Waals surface area contributed by atoms with E-state index in [0.717, 1.165) is 19.4 Å². The molecule has 6 nitrogen and oxygen atoms in total. The minimum Gasteiger partial charge on any atom is -0.358 e. The Kier molecular flexibility index (Phi) is 4.07. The molecule has 0 N–H and O–H groups in total. The molecule has 0 radical (unpaired) electrons. The van der Waals surface area contributed by atoms with Crippen LogP contribution in [0.2, 0.25) is 0 Å². The fourth-order valence-electron chi connectivity index (χ4n) is 3.70. The first-order valence-electron chi connectivity index (χ1n) is 8.01. The predicted octanol–water partition coefficient (Wildman–Crippen LogP) is 3.41. The van der Waals surface area contributed by atoms with Gasteiger partial charge in [-0.1, -0.05) is 36.8 Å². The fourth-order valence-corrected chi connectivity index (χ4v) is 3.70. The summed E-state index contributed by atoms with van der Waals surface area (Å²) in [6.45, 7) is 5.05. The molecule has 0 bridgehead atoms. The lowest BCUT2D eigenvalue weighted by atomic mass is 9.90. The van der Waals surface area contributed by atoms with Gasteiger partial charge in [-0.3, -0.25) is 4.57 Å². The molecule has 0 spiro atoms. The molecule has 3 rings (SSSR count). The van der Waals surface area contributed by atoms with Gasteiger partial charge in [-0.25, -0.2) is 0 Å². The molecule has 6 heteroatoms. The van der Waals surface area contributed by atoms with E-state index in [4.69, 9.17) is 0 Å². The third kappa shape index (κ3) is 2.69. The van der Waals surface area contributed by atoms with E-state index in [2.05, 4.69) is 48.0 Å². The first-order valence-corrected chi connectivity index (χ1v) is 8.01. The normalized spacial score (nSPS) is 20.9. The third-order valence-electron chi connectivity index (χ3n) is 4.80. The van der Waals surface area contributed by atoms with Crippen LogP contribution in [-0.4, -0.2) is 27.1 Å². The zero-order valence-corrected chi connectivity index (χ0v) is 13.8. The Balaban J connectivity index is 1.95. The molecule has 0 aliphatic carbocycles. The largest absolute Gasteiger partial charge is 0.406 e. The van der Waals surface area contributed by atoms with Crippen LogP contribution in [0.5, 0.6) is 0 Å². The van der Waals surface area contributed by atoms with E-state index >= 15 is 0 Å². The second-order valence-corrected chi connectivity index (χ2v) is 6.23. The maximum absolute atomic E-state index is 11.3. The number of benzene rings is 1. The number of hydrogen-bond donors (Lipinski definition) is 0. The van der Waals surface area contributed by atoms with E-state index in [0.29, 0.717) is 11.7 Å². The summed E-state index contributed by atoms with van der Waals surface area (Å²) >= 11 is 0. The molecule has 2 atom stereocenters. The SMILES string of the molecule is CCC1C(c2ccc(C)cc2)CCN1c1c([N+](=O)[O-])ncn1C. The van der Waals surface area contributed by atoms with Crippen molar-refractivity contribution in [1.82, 2.24) is 9.55 Å². The number of aryl methyl sites for hydroxylation is 2. The van der Waals surface area contributed by atoms with Crippen molar-refractivity contribution in [2.75, 3.05) is 11.4 Å². The number of imidazole rings is 1. The number of hydrogen-bond acceptors (Lipinski definition) is 4. The Morgan fingerprint density at radius 3 is 2.65 bits per heavy atom. The van der Waals surface area contributed by atoms with Gasteiger partial charge in [-0.05, 0) is 35.2 Å². The minimum absolute atomic E-state index is 0.0458. The topological polar surface area (TPSA) is 64.2 Å². The van der Waals surface area contributed by atoms with Gasteiger partial charge in [0, 0.05) is 25.6 Å². The van der Waals surface area contributed by atoms with Gasteiger partial charge in [-0.2, -0.15) is 0 Å². The molecule has 0 saturated carbocycles. The van der Waals surface area contributed by atoms with Gasteiger partial charge >= 0.3 is 5.82 Å². The molecule has 2 unspecified atom stereocenters. The summed E-state index contributed by atoms with van der Waals surface area (Å²) in [6, 6.07) is 8.90. The van der Waals surface area contributed by atoms with Crippen LogP contribution < -0.4 is 4.90 Å². The highest BCUT2D eigenvalue weighted by Crippen LogP contribution is 2.40. The van der Waals surface area contributed by atoms with E-state index in [9.17, 15) is 10.1 Å². The summed E-state index contributed by atoms with van der Waals surface area (Å²) in [5.74, 6) is 0.974. The molecule has 122 valence electrons. The van der Waals surface area contributed by atoms with Crippen LogP contribution >= 0.6 is 0 Å². The number of anilines is 1. The van der Waals surface area contributed by atoms with Crippen molar-refractivity contribution in [2.24, 2.45) is 7.05 Å². The molecule has 1 aliphatic rings. The Bertz CT molecular complexity index is 708. The predicted molar refractivity (Wildman–Crippen MR) is 89.8 cm³/mol. The first kappa shape index (κ1) is 15.5. The van der Waals surface area contributed by atoms with Crippen LogP contribution in [0.3, 0.4) is 0 Å². The van der Waals surface area contributed by atoms with Gasteiger partial charge in [0.05, 0.1) is 0 Å². The average molecular weight is 314 g/mol. The summed E-state index contributed by atoms with van der Waals surface area (Å²) in [4.78, 5) is 17.0. The number of nitrogens with zero attached hydrogens (tertiary/aromatic N) is 4. The smallest absolute Gasteiger partial charge is 0.358 e. The highest BCUT2D eigenvalue weighted by Gasteiger charge is 2.39. The summed E-state index contributed by atoms with van der Waals surface area (Å²) in [7, 11) is 1.82. The summed E-state index contributed by atoms with van der Waals surface area (Å²) in [5, 5.41) is 11.3. The van der Waals surface area contributed by atoms with Crippen molar-refractivity contribution < 1.29 is 4.92 Å². The molecule has 1 aliphatic heterocycles. The Hall–Kier alpha value is -2.37. The van der Waals surface area contributed by atoms with E-state index in [-0.39, 0.29) is 16.8 Å². The van der Waals surface area contributed by atoms with Gasteiger partial charge < -0.3 is 15.0 Å². The lowest BCUT2D eigenvalue weighted by Crippen LogP contribution is -2.33. The molecule has 1 aromatic carbocycles. The van der Waals surface area contributed by atoms with E-state index in [1.807, 2.05) is 7.05 Å². The number of rotatable bonds is 4. The first-order chi connectivity index (χ1) is 11.0. The van der Waals surface area contributed by atoms with Crippen LogP contribution in [0, 0.1) is 17.0 Å². The van der Waals surface area contributed by atoms with Gasteiger partial charge in [0.1, 0.15) is 0 Å². The van der Waals surface area contributed by atoms with Crippen LogP contribution in [0.4, 0.5) is 11.6 Å². The lowest BCUT2D eigenvalue weighted by Gasteiger charge is -2.28. The molecule has 2 aromatic rings. The highest BCUT2D eigenvalue weighted by molar-refractivity contribution is 5.57. The monoisotopic (exact) mass is 314 g/mol. The maximum Gasteiger partial charge on any atom is 0.406 e.